The molecule has 1 aliphatic rings. The SMILES string of the molecule is O=S(c1ccccc1)[C@@H]1CCCC[C@H]1O. The van der Waals surface area contributed by atoms with Crippen LogP contribution in [-0.4, -0.2) is 20.7 Å². The second kappa shape index (κ2) is 4.90. The fourth-order valence-corrected chi connectivity index (χ4v) is 3.63. The summed E-state index contributed by atoms with van der Waals surface area (Å²) in [7, 11) is -1.05. The van der Waals surface area contributed by atoms with E-state index in [2.05, 4.69) is 0 Å². The van der Waals surface area contributed by atoms with Gasteiger partial charge >= 0.3 is 0 Å². The predicted octanol–water partition coefficient (Wildman–Crippen LogP) is 2.10. The summed E-state index contributed by atoms with van der Waals surface area (Å²) in [5.74, 6) is 0. The van der Waals surface area contributed by atoms with Crippen molar-refractivity contribution in [2.45, 2.75) is 41.9 Å². The van der Waals surface area contributed by atoms with Crippen LogP contribution in [0.4, 0.5) is 0 Å². The van der Waals surface area contributed by atoms with Gasteiger partial charge in [-0.1, -0.05) is 31.0 Å². The van der Waals surface area contributed by atoms with Gasteiger partial charge in [-0.05, 0) is 25.0 Å². The molecule has 1 N–H and O–H groups in total. The Labute approximate surface area is 92.8 Å². The van der Waals surface area contributed by atoms with Crippen molar-refractivity contribution in [3.05, 3.63) is 30.3 Å². The molecule has 82 valence electrons. The zero-order valence-electron chi connectivity index (χ0n) is 8.63. The minimum atomic E-state index is -1.05. The fraction of sp³-hybridized carbons (Fsp3) is 0.500. The number of rotatable bonds is 2. The maximum absolute atomic E-state index is 12.2. The van der Waals surface area contributed by atoms with Gasteiger partial charge in [0.1, 0.15) is 0 Å². The lowest BCUT2D eigenvalue weighted by Gasteiger charge is -2.26. The van der Waals surface area contributed by atoms with Gasteiger partial charge in [-0.2, -0.15) is 0 Å². The van der Waals surface area contributed by atoms with Crippen LogP contribution < -0.4 is 0 Å². The lowest BCUT2D eigenvalue weighted by atomic mass is 9.97. The molecule has 1 fully saturated rings. The van der Waals surface area contributed by atoms with E-state index in [4.69, 9.17) is 0 Å². The van der Waals surface area contributed by atoms with Gasteiger partial charge in [-0.25, -0.2) is 0 Å². The molecule has 0 bridgehead atoms. The van der Waals surface area contributed by atoms with E-state index in [0.717, 1.165) is 30.6 Å². The van der Waals surface area contributed by atoms with Gasteiger partial charge in [0.15, 0.2) is 0 Å². The smallest absolute Gasteiger partial charge is 0.0687 e. The number of aliphatic hydroxyl groups excluding tert-OH is 1. The minimum Gasteiger partial charge on any atom is -0.392 e. The van der Waals surface area contributed by atoms with Gasteiger partial charge < -0.3 is 5.11 Å². The average Bonchev–Trinajstić information content (AvgIpc) is 2.30. The maximum Gasteiger partial charge on any atom is 0.0687 e. The summed E-state index contributed by atoms with van der Waals surface area (Å²) >= 11 is 0. The molecule has 0 heterocycles. The Bertz CT molecular complexity index is 337. The van der Waals surface area contributed by atoms with E-state index in [0.29, 0.717) is 0 Å². The Morgan fingerprint density at radius 3 is 2.47 bits per heavy atom. The van der Waals surface area contributed by atoms with Crippen molar-refractivity contribution in [3.63, 3.8) is 0 Å². The van der Waals surface area contributed by atoms with Gasteiger partial charge in [0.2, 0.25) is 0 Å². The Kier molecular flexibility index (Phi) is 3.54. The highest BCUT2D eigenvalue weighted by Gasteiger charge is 2.28. The molecule has 15 heavy (non-hydrogen) atoms. The highest BCUT2D eigenvalue weighted by atomic mass is 32.2. The van der Waals surface area contributed by atoms with Crippen molar-refractivity contribution in [2.75, 3.05) is 0 Å². The van der Waals surface area contributed by atoms with Crippen molar-refractivity contribution in [2.24, 2.45) is 0 Å². The third kappa shape index (κ3) is 2.47. The van der Waals surface area contributed by atoms with E-state index in [1.807, 2.05) is 30.3 Å². The van der Waals surface area contributed by atoms with Crippen molar-refractivity contribution in [1.29, 1.82) is 0 Å². The largest absolute Gasteiger partial charge is 0.392 e. The standard InChI is InChI=1S/C12H16O2S/c13-11-8-4-5-9-12(11)15(14)10-6-2-1-3-7-10/h1-3,6-7,11-13H,4-5,8-9H2/t11-,12-,15?/m1/s1. The molecule has 1 saturated carbocycles. The van der Waals surface area contributed by atoms with E-state index in [9.17, 15) is 9.32 Å². The van der Waals surface area contributed by atoms with E-state index in [1.54, 1.807) is 0 Å². The van der Waals surface area contributed by atoms with Gasteiger partial charge in [0.25, 0.3) is 0 Å². The van der Waals surface area contributed by atoms with E-state index in [1.165, 1.54) is 0 Å². The summed E-state index contributed by atoms with van der Waals surface area (Å²) in [6.07, 6.45) is 3.43. The molecule has 0 amide bonds. The van der Waals surface area contributed by atoms with Crippen LogP contribution in [0.3, 0.4) is 0 Å². The molecule has 2 nitrogen and oxygen atoms in total. The molecule has 2 rings (SSSR count). The number of aliphatic hydroxyl groups is 1. The number of hydrogen-bond acceptors (Lipinski definition) is 2. The first-order valence-corrected chi connectivity index (χ1v) is 6.64. The third-order valence-electron chi connectivity index (χ3n) is 2.92. The van der Waals surface area contributed by atoms with Gasteiger partial charge in [0.05, 0.1) is 22.2 Å². The number of hydrogen-bond donors (Lipinski definition) is 1. The Hall–Kier alpha value is -0.670. The normalized spacial score (nSPS) is 28.6. The van der Waals surface area contributed by atoms with Crippen molar-refractivity contribution in [3.8, 4) is 0 Å². The first-order valence-electron chi connectivity index (χ1n) is 5.43. The maximum atomic E-state index is 12.2. The molecule has 0 aromatic heterocycles. The van der Waals surface area contributed by atoms with Gasteiger partial charge in [-0.15, -0.1) is 0 Å². The molecular formula is C12H16O2S. The second-order valence-electron chi connectivity index (χ2n) is 4.00. The highest BCUT2D eigenvalue weighted by Crippen LogP contribution is 2.26. The van der Waals surface area contributed by atoms with Crippen LogP contribution in [0.25, 0.3) is 0 Å². The van der Waals surface area contributed by atoms with Crippen molar-refractivity contribution in [1.82, 2.24) is 0 Å². The first-order chi connectivity index (χ1) is 7.29. The molecule has 1 aromatic carbocycles. The Morgan fingerprint density at radius 1 is 1.13 bits per heavy atom. The van der Waals surface area contributed by atoms with E-state index >= 15 is 0 Å². The van der Waals surface area contributed by atoms with Crippen LogP contribution in [0, 0.1) is 0 Å². The van der Waals surface area contributed by atoms with Gasteiger partial charge in [0, 0.05) is 4.90 Å². The van der Waals surface area contributed by atoms with Crippen LogP contribution in [0.2, 0.25) is 0 Å². The lowest BCUT2D eigenvalue weighted by Crippen LogP contribution is -2.33. The summed E-state index contributed by atoms with van der Waals surface area (Å²) < 4.78 is 12.2. The summed E-state index contributed by atoms with van der Waals surface area (Å²) in [4.78, 5) is 0.837. The lowest BCUT2D eigenvalue weighted by molar-refractivity contribution is 0.135. The van der Waals surface area contributed by atoms with E-state index in [-0.39, 0.29) is 11.4 Å². The predicted molar refractivity (Wildman–Crippen MR) is 61.1 cm³/mol. The average molecular weight is 224 g/mol. The van der Waals surface area contributed by atoms with E-state index < -0.39 is 10.8 Å². The quantitative estimate of drug-likeness (QED) is 0.835. The Balaban J connectivity index is 2.13. The molecular weight excluding hydrogens is 208 g/mol. The minimum absolute atomic E-state index is 0.0684. The zero-order valence-corrected chi connectivity index (χ0v) is 9.45. The van der Waals surface area contributed by atoms with Crippen molar-refractivity contribution < 1.29 is 9.32 Å². The summed E-state index contributed by atoms with van der Waals surface area (Å²) in [5, 5.41) is 9.74. The van der Waals surface area contributed by atoms with Crippen LogP contribution in [0.15, 0.2) is 35.2 Å². The molecule has 3 heteroatoms. The molecule has 1 unspecified atom stereocenters. The van der Waals surface area contributed by atoms with Crippen LogP contribution in [-0.2, 0) is 10.8 Å². The van der Waals surface area contributed by atoms with Crippen LogP contribution in [0.5, 0.6) is 0 Å². The summed E-state index contributed by atoms with van der Waals surface area (Å²) in [6, 6.07) is 9.44. The second-order valence-corrected chi connectivity index (χ2v) is 5.67. The topological polar surface area (TPSA) is 37.3 Å². The molecule has 0 aliphatic heterocycles. The summed E-state index contributed by atoms with van der Waals surface area (Å²) in [5.41, 5.74) is 0. The highest BCUT2D eigenvalue weighted by molar-refractivity contribution is 7.85. The zero-order chi connectivity index (χ0) is 10.7. The summed E-state index contributed by atoms with van der Waals surface area (Å²) in [6.45, 7) is 0. The first kappa shape index (κ1) is 10.8. The van der Waals surface area contributed by atoms with Gasteiger partial charge in [-0.3, -0.25) is 4.21 Å². The van der Waals surface area contributed by atoms with Crippen LogP contribution in [0.1, 0.15) is 25.7 Å². The Morgan fingerprint density at radius 2 is 1.80 bits per heavy atom. The monoisotopic (exact) mass is 224 g/mol. The molecule has 1 aromatic rings. The molecule has 0 spiro atoms. The molecule has 0 saturated heterocycles. The van der Waals surface area contributed by atoms with Crippen molar-refractivity contribution >= 4 is 10.8 Å². The third-order valence-corrected chi connectivity index (χ3v) is 4.75. The van der Waals surface area contributed by atoms with Crippen LogP contribution >= 0.6 is 0 Å². The molecule has 1 aliphatic carbocycles. The molecule has 3 atom stereocenters. The molecule has 0 radical (unpaired) electrons. The fourth-order valence-electron chi connectivity index (χ4n) is 2.06. The number of benzene rings is 1.